The molecule has 6 heteroatoms. The van der Waals surface area contributed by atoms with E-state index < -0.39 is 29.5 Å². The molecule has 2 fully saturated rings. The molecule has 0 N–H and O–H groups in total. The molecule has 4 rings (SSSR count). The fourth-order valence-corrected chi connectivity index (χ4v) is 4.19. The summed E-state index contributed by atoms with van der Waals surface area (Å²) in [5.74, 6) is -2.26. The van der Waals surface area contributed by atoms with E-state index in [4.69, 9.17) is 9.47 Å². The van der Waals surface area contributed by atoms with E-state index >= 15 is 0 Å². The second-order valence-electron chi connectivity index (χ2n) is 6.63. The lowest BCUT2D eigenvalue weighted by atomic mass is 9.77. The number of carboxylic acid groups (broad SMARTS) is 1. The minimum atomic E-state index is -1.22. The monoisotopic (exact) mass is 328 g/mol. The van der Waals surface area contributed by atoms with E-state index in [1.54, 1.807) is 18.1 Å². The quantitative estimate of drug-likeness (QED) is 0.742. The van der Waals surface area contributed by atoms with Crippen LogP contribution in [0.4, 0.5) is 0 Å². The number of carbonyl (C=O) groups is 2. The van der Waals surface area contributed by atoms with Crippen LogP contribution in [0.3, 0.4) is 0 Å². The minimum absolute atomic E-state index is 0.179. The number of hydrogen-bond donors (Lipinski definition) is 0. The maximum atomic E-state index is 12.9. The normalized spacial score (nSPS) is 34.5. The molecule has 6 nitrogen and oxygen atoms in total. The molecule has 0 aromatic heterocycles. The van der Waals surface area contributed by atoms with Crippen molar-refractivity contribution in [3.8, 4) is 5.75 Å². The van der Waals surface area contributed by atoms with Gasteiger partial charge in [-0.2, -0.15) is 0 Å². The average molecular weight is 328 g/mol. The van der Waals surface area contributed by atoms with E-state index in [1.165, 1.54) is 0 Å². The van der Waals surface area contributed by atoms with Gasteiger partial charge in [0.15, 0.2) is 0 Å². The van der Waals surface area contributed by atoms with E-state index in [0.29, 0.717) is 6.54 Å². The summed E-state index contributed by atoms with van der Waals surface area (Å²) >= 11 is 0. The fourth-order valence-electron chi connectivity index (χ4n) is 4.19. The van der Waals surface area contributed by atoms with Crippen LogP contribution in [0.5, 0.6) is 5.75 Å². The lowest BCUT2D eigenvalue weighted by Gasteiger charge is -2.28. The lowest BCUT2D eigenvalue weighted by molar-refractivity contribution is -0.313. The van der Waals surface area contributed by atoms with E-state index in [0.717, 1.165) is 11.3 Å². The van der Waals surface area contributed by atoms with Gasteiger partial charge in [-0.05, 0) is 24.6 Å². The average Bonchev–Trinajstić information content (AvgIpc) is 3.22. The SMILES string of the molecule is COc1ccc([C@@H](C)N2C[C@@]34C=C[C@@H](O3)[C@H](C(=O)[O-])[C@@H]4C2=O)cc1. The third-order valence-electron chi connectivity index (χ3n) is 5.47. The van der Waals surface area contributed by atoms with Gasteiger partial charge in [-0.1, -0.05) is 24.3 Å². The molecule has 1 spiro atoms. The highest BCUT2D eigenvalue weighted by molar-refractivity contribution is 5.90. The van der Waals surface area contributed by atoms with Crippen molar-refractivity contribution < 1.29 is 24.2 Å². The number of likely N-dealkylation sites (tertiary alicyclic amines) is 1. The molecule has 126 valence electrons. The molecule has 0 unspecified atom stereocenters. The van der Waals surface area contributed by atoms with Crippen LogP contribution in [0.1, 0.15) is 18.5 Å². The topological polar surface area (TPSA) is 78.9 Å². The molecule has 0 aliphatic carbocycles. The standard InChI is InChI=1S/C18H19NO5/c1-10(11-3-5-12(23-2)6-4-11)19-9-18-8-7-13(24-18)14(17(21)22)15(18)16(19)20/h3-8,10,13-15H,9H2,1-2H3,(H,21,22)/p-1/t10-,13-,14+,15-,18-/m1/s1. The first-order valence-electron chi connectivity index (χ1n) is 7.99. The van der Waals surface area contributed by atoms with E-state index in [1.807, 2.05) is 37.3 Å². The van der Waals surface area contributed by atoms with Crippen molar-refractivity contribution in [1.29, 1.82) is 0 Å². The number of hydrogen-bond acceptors (Lipinski definition) is 5. The van der Waals surface area contributed by atoms with Crippen molar-refractivity contribution in [3.05, 3.63) is 42.0 Å². The Kier molecular flexibility index (Phi) is 3.22. The molecule has 3 aliphatic heterocycles. The highest BCUT2D eigenvalue weighted by Crippen LogP contribution is 2.53. The molecule has 24 heavy (non-hydrogen) atoms. The Morgan fingerprint density at radius 3 is 2.75 bits per heavy atom. The number of methoxy groups -OCH3 is 1. The lowest BCUT2D eigenvalue weighted by Crippen LogP contribution is -2.45. The van der Waals surface area contributed by atoms with Gasteiger partial charge < -0.3 is 24.3 Å². The number of rotatable bonds is 4. The van der Waals surface area contributed by atoms with Gasteiger partial charge in [-0.15, -0.1) is 0 Å². The van der Waals surface area contributed by atoms with Gasteiger partial charge in [0.25, 0.3) is 0 Å². The van der Waals surface area contributed by atoms with Crippen LogP contribution in [0, 0.1) is 11.8 Å². The Labute approximate surface area is 139 Å². The Bertz CT molecular complexity index is 727. The Morgan fingerprint density at radius 2 is 2.12 bits per heavy atom. The first-order chi connectivity index (χ1) is 11.5. The highest BCUT2D eigenvalue weighted by Gasteiger charge is 2.65. The van der Waals surface area contributed by atoms with Gasteiger partial charge in [0.05, 0.1) is 31.7 Å². The van der Waals surface area contributed by atoms with Crippen molar-refractivity contribution in [3.63, 3.8) is 0 Å². The summed E-state index contributed by atoms with van der Waals surface area (Å²) < 4.78 is 11.0. The molecule has 3 aliphatic rings. The van der Waals surface area contributed by atoms with Gasteiger partial charge in [0, 0.05) is 11.9 Å². The fraction of sp³-hybridized carbons (Fsp3) is 0.444. The molecular formula is C18H18NO5-. The van der Waals surface area contributed by atoms with E-state index in [2.05, 4.69) is 0 Å². The number of carboxylic acids is 1. The summed E-state index contributed by atoms with van der Waals surface area (Å²) in [4.78, 5) is 26.1. The Morgan fingerprint density at radius 1 is 1.42 bits per heavy atom. The minimum Gasteiger partial charge on any atom is -0.550 e. The summed E-state index contributed by atoms with van der Waals surface area (Å²) in [6.07, 6.45) is 3.04. The third-order valence-corrected chi connectivity index (χ3v) is 5.47. The molecule has 0 radical (unpaired) electrons. The second-order valence-corrected chi connectivity index (χ2v) is 6.63. The number of aliphatic carboxylic acids is 1. The first kappa shape index (κ1) is 15.2. The number of carbonyl (C=O) groups excluding carboxylic acids is 2. The molecule has 5 atom stereocenters. The zero-order valence-electron chi connectivity index (χ0n) is 13.5. The molecule has 1 amide bonds. The zero-order valence-corrected chi connectivity index (χ0v) is 13.5. The number of nitrogens with zero attached hydrogens (tertiary/aromatic N) is 1. The van der Waals surface area contributed by atoms with Gasteiger partial charge in [0.1, 0.15) is 11.4 Å². The van der Waals surface area contributed by atoms with Crippen LogP contribution in [0.25, 0.3) is 0 Å². The van der Waals surface area contributed by atoms with Crippen molar-refractivity contribution in [1.82, 2.24) is 4.90 Å². The van der Waals surface area contributed by atoms with Crippen LogP contribution in [0.15, 0.2) is 36.4 Å². The molecule has 0 saturated carbocycles. The van der Waals surface area contributed by atoms with Crippen molar-refractivity contribution in [2.45, 2.75) is 24.7 Å². The number of fused-ring (bicyclic) bond motifs is 1. The molecule has 1 aromatic carbocycles. The molecule has 3 heterocycles. The maximum Gasteiger partial charge on any atom is 0.230 e. The highest BCUT2D eigenvalue weighted by atomic mass is 16.5. The molecular weight excluding hydrogens is 310 g/mol. The number of ether oxygens (including phenoxy) is 2. The van der Waals surface area contributed by atoms with E-state index in [9.17, 15) is 14.7 Å². The zero-order chi connectivity index (χ0) is 17.1. The maximum absolute atomic E-state index is 12.9. The van der Waals surface area contributed by atoms with Crippen LogP contribution in [0.2, 0.25) is 0 Å². The predicted octanol–water partition coefficient (Wildman–Crippen LogP) is 0.288. The summed E-state index contributed by atoms with van der Waals surface area (Å²) in [7, 11) is 1.60. The van der Waals surface area contributed by atoms with Crippen LogP contribution in [-0.4, -0.2) is 42.1 Å². The first-order valence-corrected chi connectivity index (χ1v) is 7.99. The summed E-state index contributed by atoms with van der Waals surface area (Å²) in [6, 6.07) is 7.33. The van der Waals surface area contributed by atoms with Crippen molar-refractivity contribution in [2.75, 3.05) is 13.7 Å². The Balaban J connectivity index is 1.63. The Hall–Kier alpha value is -2.34. The largest absolute Gasteiger partial charge is 0.550 e. The number of benzene rings is 1. The van der Waals surface area contributed by atoms with Gasteiger partial charge >= 0.3 is 0 Å². The van der Waals surface area contributed by atoms with Crippen molar-refractivity contribution >= 4 is 11.9 Å². The van der Waals surface area contributed by atoms with Gasteiger partial charge in [-0.3, -0.25) is 4.79 Å². The molecule has 2 bridgehead atoms. The van der Waals surface area contributed by atoms with Gasteiger partial charge in [0.2, 0.25) is 5.91 Å². The summed E-state index contributed by atoms with van der Waals surface area (Å²) in [6.45, 7) is 2.29. The van der Waals surface area contributed by atoms with Crippen LogP contribution >= 0.6 is 0 Å². The predicted molar refractivity (Wildman–Crippen MR) is 81.9 cm³/mol. The van der Waals surface area contributed by atoms with Crippen molar-refractivity contribution in [2.24, 2.45) is 11.8 Å². The smallest absolute Gasteiger partial charge is 0.230 e. The number of amides is 1. The van der Waals surface area contributed by atoms with Crippen LogP contribution in [-0.2, 0) is 14.3 Å². The third kappa shape index (κ3) is 1.92. The molecule has 2 saturated heterocycles. The summed E-state index contributed by atoms with van der Waals surface area (Å²) in [5, 5.41) is 11.5. The van der Waals surface area contributed by atoms with Crippen LogP contribution < -0.4 is 9.84 Å². The summed E-state index contributed by atoms with van der Waals surface area (Å²) in [5.41, 5.74) is 0.136. The molecule has 1 aromatic rings. The van der Waals surface area contributed by atoms with Gasteiger partial charge in [-0.25, -0.2) is 0 Å². The van der Waals surface area contributed by atoms with E-state index in [-0.39, 0.29) is 11.9 Å². The second kappa shape index (κ2) is 5.08.